The lowest BCUT2D eigenvalue weighted by molar-refractivity contribution is -0.186. The lowest BCUT2D eigenvalue weighted by Crippen LogP contribution is -2.82. The Bertz CT molecular complexity index is 1120. The number of hydrogen-bond donors (Lipinski definition) is 1. The highest BCUT2D eigenvalue weighted by Crippen LogP contribution is 2.61. The first-order valence-corrected chi connectivity index (χ1v) is 15.6. The van der Waals surface area contributed by atoms with Crippen molar-refractivity contribution in [3.05, 3.63) is 23.8 Å². The fourth-order valence-electron chi connectivity index (χ4n) is 5.10. The van der Waals surface area contributed by atoms with Gasteiger partial charge in [-0.3, -0.25) is 24.6 Å². The quantitative estimate of drug-likeness (QED) is 0.240. The Balaban J connectivity index is 1.64. The van der Waals surface area contributed by atoms with Gasteiger partial charge in [0.15, 0.2) is 0 Å². The lowest BCUT2D eigenvalue weighted by atomic mass is 9.53. The Hall–Kier alpha value is -2.75. The van der Waals surface area contributed by atoms with Crippen molar-refractivity contribution in [2.24, 2.45) is 5.92 Å². The molecule has 3 aliphatic rings. The zero-order valence-electron chi connectivity index (χ0n) is 21.8. The van der Waals surface area contributed by atoms with Gasteiger partial charge in [0.1, 0.15) is 11.5 Å². The van der Waals surface area contributed by atoms with E-state index in [0.29, 0.717) is 17.7 Å². The van der Waals surface area contributed by atoms with E-state index in [0.717, 1.165) is 24.2 Å². The van der Waals surface area contributed by atoms with Crippen molar-refractivity contribution in [2.75, 3.05) is 0 Å². The monoisotopic (exact) mass is 518 g/mol. The zero-order valence-corrected chi connectivity index (χ0v) is 22.8. The molecule has 2 fully saturated rings. The van der Waals surface area contributed by atoms with Crippen molar-refractivity contribution in [3.63, 3.8) is 0 Å². The van der Waals surface area contributed by atoms with Gasteiger partial charge in [-0.1, -0.05) is 53.0 Å². The van der Waals surface area contributed by atoms with Gasteiger partial charge >= 0.3 is 12.0 Å². The van der Waals surface area contributed by atoms with Crippen LogP contribution in [-0.4, -0.2) is 48.7 Å². The number of amides is 4. The summed E-state index contributed by atoms with van der Waals surface area (Å²) in [6.45, 7) is 12.5. The van der Waals surface area contributed by atoms with Crippen LogP contribution in [-0.2, 0) is 14.4 Å². The molecule has 1 aromatic rings. The highest BCUT2D eigenvalue weighted by Gasteiger charge is 2.77. The van der Waals surface area contributed by atoms with Crippen LogP contribution >= 0.6 is 0 Å². The number of hydrogen-bond acceptors (Lipinski definition) is 6. The van der Waals surface area contributed by atoms with E-state index in [1.807, 2.05) is 12.2 Å². The molecule has 1 saturated heterocycles. The van der Waals surface area contributed by atoms with Crippen LogP contribution < -0.4 is 14.5 Å². The fraction of sp³-hybridized carbons (Fsp3) is 0.615. The van der Waals surface area contributed by atoms with Crippen LogP contribution in [0.5, 0.6) is 11.5 Å². The molecular weight excluding hydrogens is 483 g/mol. The maximum absolute atomic E-state index is 16.5. The Morgan fingerprint density at radius 2 is 1.89 bits per heavy atom. The standard InChI is InChI=1S/C26H35FN2O6Si/c1-7-8-9-10-11-18(30)29-21-19-20(26(21,27)23(32)28-24(29)33)16-13-12-15(14-17(16)34-22(19)31)35-36(5,6)25(2,3)4/h12-14,19-21H,7-11H2,1-6H3,(H,28,32,33)/t19-,20+,21-,26-/m0/s1. The molecule has 1 N–H and O–H groups in total. The number of halogens is 1. The van der Waals surface area contributed by atoms with E-state index in [9.17, 15) is 19.2 Å². The molecule has 4 rings (SSSR count). The van der Waals surface area contributed by atoms with Crippen LogP contribution in [0.3, 0.4) is 0 Å². The van der Waals surface area contributed by atoms with Crippen molar-refractivity contribution < 1.29 is 32.7 Å². The largest absolute Gasteiger partial charge is 0.543 e. The van der Waals surface area contributed by atoms with E-state index >= 15 is 4.39 Å². The van der Waals surface area contributed by atoms with Gasteiger partial charge < -0.3 is 9.16 Å². The average Bonchev–Trinajstić information content (AvgIpc) is 2.76. The summed E-state index contributed by atoms with van der Waals surface area (Å²) >= 11 is 0. The van der Waals surface area contributed by atoms with Crippen LogP contribution in [0.2, 0.25) is 18.1 Å². The Labute approximate surface area is 212 Å². The van der Waals surface area contributed by atoms with Gasteiger partial charge in [-0.05, 0) is 30.6 Å². The summed E-state index contributed by atoms with van der Waals surface area (Å²) in [4.78, 5) is 52.1. The highest BCUT2D eigenvalue weighted by molar-refractivity contribution is 6.74. The number of esters is 1. The van der Waals surface area contributed by atoms with Crippen LogP contribution in [0, 0.1) is 5.92 Å². The van der Waals surface area contributed by atoms with Crippen LogP contribution in [0.15, 0.2) is 18.2 Å². The molecule has 4 atom stereocenters. The Morgan fingerprint density at radius 3 is 2.53 bits per heavy atom. The maximum atomic E-state index is 16.5. The summed E-state index contributed by atoms with van der Waals surface area (Å²) in [5, 5.41) is 1.94. The maximum Gasteiger partial charge on any atom is 0.331 e. The van der Waals surface area contributed by atoms with Crippen LogP contribution in [0.4, 0.5) is 9.18 Å². The van der Waals surface area contributed by atoms with Gasteiger partial charge in [0.05, 0.1) is 12.0 Å². The van der Waals surface area contributed by atoms with Crippen LogP contribution in [0.1, 0.15) is 71.3 Å². The molecule has 2 aliphatic heterocycles. The number of imide groups is 2. The zero-order chi connectivity index (χ0) is 26.6. The van der Waals surface area contributed by atoms with Crippen molar-refractivity contribution in [1.29, 1.82) is 0 Å². The molecule has 10 heteroatoms. The number of carbonyl (C=O) groups excluding carboxylic acids is 4. The summed E-state index contributed by atoms with van der Waals surface area (Å²) in [6.07, 6.45) is 3.27. The van der Waals surface area contributed by atoms with E-state index in [1.54, 1.807) is 18.2 Å². The molecule has 0 bridgehead atoms. The average molecular weight is 519 g/mol. The van der Waals surface area contributed by atoms with E-state index < -0.39 is 55.7 Å². The molecule has 8 nitrogen and oxygen atoms in total. The Morgan fingerprint density at radius 1 is 1.19 bits per heavy atom. The first kappa shape index (κ1) is 26.3. The van der Waals surface area contributed by atoms with E-state index in [1.165, 1.54) is 0 Å². The number of rotatable bonds is 7. The molecule has 0 unspecified atom stereocenters. The SMILES string of the molecule is CCCCCCC(=O)N1C(=O)NC(=O)[C@]2(F)[C@@H]3c4ccc(O[Si](C)(C)C(C)(C)C)cc4OC(=O)[C@@H]3[C@H]12. The number of unbranched alkanes of at least 4 members (excludes halogenated alkanes) is 3. The van der Waals surface area contributed by atoms with Crippen molar-refractivity contribution in [1.82, 2.24) is 10.2 Å². The van der Waals surface area contributed by atoms with E-state index in [4.69, 9.17) is 9.16 Å². The minimum atomic E-state index is -2.62. The van der Waals surface area contributed by atoms with Gasteiger partial charge in [0.2, 0.25) is 19.9 Å². The number of ether oxygens (including phenoxy) is 1. The molecule has 0 radical (unpaired) electrons. The second kappa shape index (κ2) is 8.97. The number of nitrogens with zero attached hydrogens (tertiary/aromatic N) is 1. The molecule has 0 spiro atoms. The summed E-state index contributed by atoms with van der Waals surface area (Å²) in [5.74, 6) is -4.16. The van der Waals surface area contributed by atoms with Crippen LogP contribution in [0.25, 0.3) is 0 Å². The highest BCUT2D eigenvalue weighted by atomic mass is 28.4. The minimum Gasteiger partial charge on any atom is -0.543 e. The topological polar surface area (TPSA) is 102 Å². The second-order valence-corrected chi connectivity index (χ2v) is 16.3. The molecule has 4 amide bonds. The molecule has 2 heterocycles. The Kier molecular flexibility index (Phi) is 6.56. The fourth-order valence-corrected chi connectivity index (χ4v) is 6.12. The number of alkyl halides is 1. The summed E-state index contributed by atoms with van der Waals surface area (Å²) in [7, 11) is -2.18. The summed E-state index contributed by atoms with van der Waals surface area (Å²) in [5.41, 5.74) is -2.27. The number of nitrogens with one attached hydrogen (secondary N) is 1. The molecule has 36 heavy (non-hydrogen) atoms. The van der Waals surface area contributed by atoms with Gasteiger partial charge in [-0.2, -0.15) is 0 Å². The number of carbonyl (C=O) groups is 4. The molecule has 0 aromatic heterocycles. The summed E-state index contributed by atoms with van der Waals surface area (Å²) in [6, 6.07) is 2.35. The molecule has 1 aromatic carbocycles. The molecular formula is C26H35FN2O6Si. The predicted octanol–water partition coefficient (Wildman–Crippen LogP) is 4.83. The van der Waals surface area contributed by atoms with Crippen molar-refractivity contribution >= 4 is 32.1 Å². The third-order valence-corrected chi connectivity index (χ3v) is 12.5. The van der Waals surface area contributed by atoms with E-state index in [-0.39, 0.29) is 17.2 Å². The smallest absolute Gasteiger partial charge is 0.331 e. The third kappa shape index (κ3) is 4.03. The molecule has 1 aliphatic carbocycles. The van der Waals surface area contributed by atoms with Gasteiger partial charge in [-0.15, -0.1) is 0 Å². The van der Waals surface area contributed by atoms with Crippen molar-refractivity contribution in [2.45, 2.75) is 95.6 Å². The minimum absolute atomic E-state index is 0.0331. The molecule has 196 valence electrons. The van der Waals surface area contributed by atoms with Gasteiger partial charge in [0, 0.05) is 24.0 Å². The lowest BCUT2D eigenvalue weighted by Gasteiger charge is -2.59. The number of fused-ring (bicyclic) bond motifs is 6. The predicted molar refractivity (Wildman–Crippen MR) is 133 cm³/mol. The van der Waals surface area contributed by atoms with Crippen molar-refractivity contribution in [3.8, 4) is 11.5 Å². The van der Waals surface area contributed by atoms with Gasteiger partial charge in [-0.25, -0.2) is 9.18 Å². The number of urea groups is 1. The first-order valence-electron chi connectivity index (χ1n) is 12.6. The molecule has 1 saturated carbocycles. The third-order valence-electron chi connectivity index (χ3n) is 8.14. The van der Waals surface area contributed by atoms with Gasteiger partial charge in [0.25, 0.3) is 5.91 Å². The normalized spacial score (nSPS) is 27.2. The first-order chi connectivity index (χ1) is 16.7. The second-order valence-electron chi connectivity index (χ2n) is 11.5. The van der Waals surface area contributed by atoms with E-state index in [2.05, 4.69) is 33.9 Å². The number of benzene rings is 1. The summed E-state index contributed by atoms with van der Waals surface area (Å²) < 4.78 is 28.4.